The minimum absolute atomic E-state index is 0.0535. The first-order valence-electron chi connectivity index (χ1n) is 7.45. The maximum absolute atomic E-state index is 12.2. The molecule has 1 N–H and O–H groups in total. The highest BCUT2D eigenvalue weighted by Gasteiger charge is 2.17. The second-order valence-corrected chi connectivity index (χ2v) is 5.30. The minimum Gasteiger partial charge on any atom is -0.378 e. The zero-order chi connectivity index (χ0) is 14.4. The van der Waals surface area contributed by atoms with E-state index in [1.807, 2.05) is 25.1 Å². The Morgan fingerprint density at radius 3 is 2.75 bits per heavy atom. The number of ether oxygens (including phenoxy) is 1. The Morgan fingerprint density at radius 1 is 1.35 bits per heavy atom. The molecular weight excluding hydrogens is 252 g/mol. The molecule has 4 nitrogen and oxygen atoms in total. The highest BCUT2D eigenvalue weighted by molar-refractivity contribution is 5.95. The summed E-state index contributed by atoms with van der Waals surface area (Å²) < 4.78 is 5.38. The molecule has 0 radical (unpaired) electrons. The van der Waals surface area contributed by atoms with Crippen molar-refractivity contribution in [2.24, 2.45) is 5.92 Å². The van der Waals surface area contributed by atoms with Gasteiger partial charge >= 0.3 is 0 Å². The van der Waals surface area contributed by atoms with Crippen molar-refractivity contribution in [3.8, 4) is 0 Å². The van der Waals surface area contributed by atoms with Crippen LogP contribution < -0.4 is 10.2 Å². The molecule has 1 aliphatic heterocycles. The Labute approximate surface area is 121 Å². The van der Waals surface area contributed by atoms with Crippen molar-refractivity contribution < 1.29 is 9.53 Å². The summed E-state index contributed by atoms with van der Waals surface area (Å²) in [6, 6.07) is 8.01. The lowest BCUT2D eigenvalue weighted by Gasteiger charge is -2.30. The predicted molar refractivity (Wildman–Crippen MR) is 82.2 cm³/mol. The molecule has 0 saturated carbocycles. The van der Waals surface area contributed by atoms with Gasteiger partial charge < -0.3 is 15.0 Å². The van der Waals surface area contributed by atoms with Gasteiger partial charge in [0, 0.05) is 19.0 Å². The molecule has 1 atom stereocenters. The predicted octanol–water partition coefficient (Wildman–Crippen LogP) is 2.90. The molecule has 1 fully saturated rings. The van der Waals surface area contributed by atoms with E-state index in [1.54, 1.807) is 0 Å². The zero-order valence-electron chi connectivity index (χ0n) is 12.4. The quantitative estimate of drug-likeness (QED) is 0.899. The number of morpholine rings is 1. The molecule has 1 amide bonds. The smallest absolute Gasteiger partial charge is 0.227 e. The monoisotopic (exact) mass is 276 g/mol. The molecule has 1 aliphatic rings. The van der Waals surface area contributed by atoms with Crippen LogP contribution >= 0.6 is 0 Å². The van der Waals surface area contributed by atoms with Crippen molar-refractivity contribution in [1.82, 2.24) is 0 Å². The van der Waals surface area contributed by atoms with Gasteiger partial charge in [-0.05, 0) is 18.6 Å². The van der Waals surface area contributed by atoms with E-state index >= 15 is 0 Å². The lowest BCUT2D eigenvalue weighted by Crippen LogP contribution is -2.37. The molecule has 2 rings (SSSR count). The Morgan fingerprint density at radius 2 is 2.05 bits per heavy atom. The number of para-hydroxylation sites is 2. The van der Waals surface area contributed by atoms with Gasteiger partial charge in [0.1, 0.15) is 0 Å². The standard InChI is InChI=1S/C16H24N2O2/c1-3-6-13(2)16(19)17-14-7-4-5-8-15(14)18-9-11-20-12-10-18/h4-5,7-8,13H,3,6,9-12H2,1-2H3,(H,17,19)/t13-/m1/s1. The second kappa shape index (κ2) is 7.29. The van der Waals surface area contributed by atoms with E-state index < -0.39 is 0 Å². The first-order chi connectivity index (χ1) is 9.72. The van der Waals surface area contributed by atoms with Crippen LogP contribution in [0.4, 0.5) is 11.4 Å². The number of carbonyl (C=O) groups excluding carboxylic acids is 1. The van der Waals surface area contributed by atoms with Crippen LogP contribution in [0, 0.1) is 5.92 Å². The fourth-order valence-electron chi connectivity index (χ4n) is 2.48. The van der Waals surface area contributed by atoms with Gasteiger partial charge in [-0.15, -0.1) is 0 Å². The van der Waals surface area contributed by atoms with E-state index in [1.165, 1.54) is 0 Å². The Bertz CT molecular complexity index is 442. The third kappa shape index (κ3) is 3.73. The normalized spacial score (nSPS) is 16.8. The first kappa shape index (κ1) is 14.9. The Hall–Kier alpha value is -1.55. The van der Waals surface area contributed by atoms with Crippen molar-refractivity contribution in [2.75, 3.05) is 36.5 Å². The topological polar surface area (TPSA) is 41.6 Å². The maximum Gasteiger partial charge on any atom is 0.227 e. The lowest BCUT2D eigenvalue weighted by molar-refractivity contribution is -0.119. The van der Waals surface area contributed by atoms with Gasteiger partial charge in [0.2, 0.25) is 5.91 Å². The van der Waals surface area contributed by atoms with Gasteiger partial charge in [-0.1, -0.05) is 32.4 Å². The maximum atomic E-state index is 12.2. The fourth-order valence-corrected chi connectivity index (χ4v) is 2.48. The SMILES string of the molecule is CCC[C@@H](C)C(=O)Nc1ccccc1N1CCOCC1. The van der Waals surface area contributed by atoms with Crippen LogP contribution in [0.5, 0.6) is 0 Å². The van der Waals surface area contributed by atoms with Crippen LogP contribution in [0.2, 0.25) is 0 Å². The van der Waals surface area contributed by atoms with Crippen molar-refractivity contribution in [3.05, 3.63) is 24.3 Å². The number of benzene rings is 1. The summed E-state index contributed by atoms with van der Waals surface area (Å²) in [6.07, 6.45) is 1.95. The van der Waals surface area contributed by atoms with Gasteiger partial charge in [0.15, 0.2) is 0 Å². The molecule has 0 aliphatic carbocycles. The summed E-state index contributed by atoms with van der Waals surface area (Å²) in [4.78, 5) is 14.5. The summed E-state index contributed by atoms with van der Waals surface area (Å²) in [6.45, 7) is 7.32. The number of rotatable bonds is 5. The summed E-state index contributed by atoms with van der Waals surface area (Å²) >= 11 is 0. The molecule has 1 heterocycles. The third-order valence-corrected chi connectivity index (χ3v) is 3.68. The molecule has 0 unspecified atom stereocenters. The second-order valence-electron chi connectivity index (χ2n) is 5.30. The van der Waals surface area contributed by atoms with Crippen molar-refractivity contribution in [2.45, 2.75) is 26.7 Å². The van der Waals surface area contributed by atoms with Gasteiger partial charge in [-0.25, -0.2) is 0 Å². The van der Waals surface area contributed by atoms with Crippen LogP contribution in [0.3, 0.4) is 0 Å². The van der Waals surface area contributed by atoms with E-state index in [2.05, 4.69) is 23.2 Å². The minimum atomic E-state index is 0.0535. The van der Waals surface area contributed by atoms with Gasteiger partial charge in [-0.3, -0.25) is 4.79 Å². The summed E-state index contributed by atoms with van der Waals surface area (Å²) in [7, 11) is 0. The number of nitrogens with one attached hydrogen (secondary N) is 1. The van der Waals surface area contributed by atoms with Crippen LogP contribution in [0.25, 0.3) is 0 Å². The Kier molecular flexibility index (Phi) is 5.41. The molecule has 1 aromatic rings. The van der Waals surface area contributed by atoms with Gasteiger partial charge in [0.05, 0.1) is 24.6 Å². The first-order valence-corrected chi connectivity index (χ1v) is 7.45. The zero-order valence-corrected chi connectivity index (χ0v) is 12.4. The van der Waals surface area contributed by atoms with E-state index in [0.29, 0.717) is 0 Å². The summed E-state index contributed by atoms with van der Waals surface area (Å²) in [5.74, 6) is 0.158. The lowest BCUT2D eigenvalue weighted by atomic mass is 10.1. The third-order valence-electron chi connectivity index (χ3n) is 3.68. The van der Waals surface area contributed by atoms with Gasteiger partial charge in [-0.2, -0.15) is 0 Å². The van der Waals surface area contributed by atoms with E-state index in [0.717, 1.165) is 50.5 Å². The fraction of sp³-hybridized carbons (Fsp3) is 0.562. The molecule has 0 bridgehead atoms. The highest BCUT2D eigenvalue weighted by atomic mass is 16.5. The van der Waals surface area contributed by atoms with Crippen molar-refractivity contribution in [3.63, 3.8) is 0 Å². The molecular formula is C16H24N2O2. The number of nitrogens with zero attached hydrogens (tertiary/aromatic N) is 1. The molecule has 20 heavy (non-hydrogen) atoms. The highest BCUT2D eigenvalue weighted by Crippen LogP contribution is 2.27. The Balaban J connectivity index is 2.09. The average molecular weight is 276 g/mol. The van der Waals surface area contributed by atoms with Crippen LogP contribution in [0.1, 0.15) is 26.7 Å². The van der Waals surface area contributed by atoms with Crippen molar-refractivity contribution >= 4 is 17.3 Å². The number of carbonyl (C=O) groups is 1. The number of anilines is 2. The van der Waals surface area contributed by atoms with Crippen LogP contribution in [-0.4, -0.2) is 32.2 Å². The largest absolute Gasteiger partial charge is 0.378 e. The van der Waals surface area contributed by atoms with Crippen molar-refractivity contribution in [1.29, 1.82) is 0 Å². The van der Waals surface area contributed by atoms with Crippen LogP contribution in [0.15, 0.2) is 24.3 Å². The van der Waals surface area contributed by atoms with E-state index in [9.17, 15) is 4.79 Å². The average Bonchev–Trinajstić information content (AvgIpc) is 2.49. The number of hydrogen-bond donors (Lipinski definition) is 1. The number of hydrogen-bond acceptors (Lipinski definition) is 3. The summed E-state index contributed by atoms with van der Waals surface area (Å²) in [5.41, 5.74) is 2.00. The summed E-state index contributed by atoms with van der Waals surface area (Å²) in [5, 5.41) is 3.07. The van der Waals surface area contributed by atoms with E-state index in [-0.39, 0.29) is 11.8 Å². The van der Waals surface area contributed by atoms with Gasteiger partial charge in [0.25, 0.3) is 0 Å². The molecule has 4 heteroatoms. The molecule has 1 aromatic carbocycles. The van der Waals surface area contributed by atoms with Crippen LogP contribution in [-0.2, 0) is 9.53 Å². The van der Waals surface area contributed by atoms with E-state index in [4.69, 9.17) is 4.74 Å². The molecule has 1 saturated heterocycles. The number of amides is 1. The molecule has 0 aromatic heterocycles. The molecule has 0 spiro atoms. The molecule has 110 valence electrons.